The molecule has 2 rings (SSSR count). The molecule has 2 amide bonds. The van der Waals surface area contributed by atoms with Crippen LogP contribution in [0.5, 0.6) is 5.75 Å². The largest absolute Gasteiger partial charge is 0.508 e. The molecule has 0 saturated heterocycles. The van der Waals surface area contributed by atoms with E-state index in [-0.39, 0.29) is 11.8 Å². The van der Waals surface area contributed by atoms with Gasteiger partial charge in [-0.05, 0) is 37.1 Å². The first kappa shape index (κ1) is 14.4. The molecule has 0 aromatic heterocycles. The Labute approximate surface area is 118 Å². The molecule has 0 unspecified atom stereocenters. The summed E-state index contributed by atoms with van der Waals surface area (Å²) in [6, 6.07) is 6.21. The summed E-state index contributed by atoms with van der Waals surface area (Å²) in [7, 11) is 1.69. The highest BCUT2D eigenvalue weighted by molar-refractivity contribution is 6.39. The molecule has 1 aromatic carbocycles. The van der Waals surface area contributed by atoms with E-state index in [1.807, 2.05) is 0 Å². The number of hydrogen-bond donors (Lipinski definition) is 2. The monoisotopic (exact) mass is 276 g/mol. The van der Waals surface area contributed by atoms with Crippen molar-refractivity contribution in [1.29, 1.82) is 0 Å². The number of aromatic hydroxyl groups is 1. The Hall–Kier alpha value is -2.04. The van der Waals surface area contributed by atoms with E-state index >= 15 is 0 Å². The average molecular weight is 276 g/mol. The van der Waals surface area contributed by atoms with Crippen molar-refractivity contribution in [2.45, 2.75) is 38.1 Å². The van der Waals surface area contributed by atoms with E-state index in [4.69, 9.17) is 0 Å². The van der Waals surface area contributed by atoms with Gasteiger partial charge in [0.1, 0.15) is 5.75 Å². The summed E-state index contributed by atoms with van der Waals surface area (Å²) in [6.45, 7) is 0. The quantitative estimate of drug-likeness (QED) is 0.642. The van der Waals surface area contributed by atoms with Crippen LogP contribution in [-0.4, -0.2) is 34.9 Å². The number of benzene rings is 1. The summed E-state index contributed by atoms with van der Waals surface area (Å²) in [4.78, 5) is 25.5. The lowest BCUT2D eigenvalue weighted by Gasteiger charge is -2.30. The average Bonchev–Trinajstić information content (AvgIpc) is 2.49. The third-order valence-corrected chi connectivity index (χ3v) is 3.76. The lowest BCUT2D eigenvalue weighted by Crippen LogP contribution is -2.44. The van der Waals surface area contributed by atoms with Crippen molar-refractivity contribution >= 4 is 17.5 Å². The number of anilines is 1. The Balaban J connectivity index is 1.93. The molecule has 0 aliphatic heterocycles. The number of carbonyl (C=O) groups excluding carboxylic acids is 2. The molecule has 1 aromatic rings. The number of phenolic OH excluding ortho intramolecular Hbond substituents is 1. The molecule has 1 aliphatic carbocycles. The Bertz CT molecular complexity index is 478. The molecular weight excluding hydrogens is 256 g/mol. The Kier molecular flexibility index (Phi) is 4.61. The number of amides is 2. The normalized spacial score (nSPS) is 15.7. The SMILES string of the molecule is CN(C(=O)C(=O)Nc1ccc(O)cc1)C1CCCCC1. The minimum absolute atomic E-state index is 0.119. The van der Waals surface area contributed by atoms with Crippen molar-refractivity contribution < 1.29 is 14.7 Å². The predicted molar refractivity (Wildman–Crippen MR) is 76.4 cm³/mol. The second-order valence-electron chi connectivity index (χ2n) is 5.21. The zero-order valence-corrected chi connectivity index (χ0v) is 11.6. The van der Waals surface area contributed by atoms with Crippen molar-refractivity contribution in [3.05, 3.63) is 24.3 Å². The van der Waals surface area contributed by atoms with Crippen molar-refractivity contribution in [1.82, 2.24) is 4.90 Å². The number of likely N-dealkylation sites (N-methyl/N-ethyl adjacent to an activating group) is 1. The van der Waals surface area contributed by atoms with Crippen LogP contribution in [0.25, 0.3) is 0 Å². The number of rotatable bonds is 2. The molecule has 20 heavy (non-hydrogen) atoms. The van der Waals surface area contributed by atoms with Crippen LogP contribution in [0, 0.1) is 0 Å². The first-order valence-corrected chi connectivity index (χ1v) is 6.95. The van der Waals surface area contributed by atoms with Crippen molar-refractivity contribution in [3.8, 4) is 5.75 Å². The molecule has 0 spiro atoms. The van der Waals surface area contributed by atoms with Crippen molar-refractivity contribution in [2.75, 3.05) is 12.4 Å². The maximum atomic E-state index is 12.1. The van der Waals surface area contributed by atoms with Gasteiger partial charge < -0.3 is 15.3 Å². The smallest absolute Gasteiger partial charge is 0.313 e. The standard InChI is InChI=1S/C15H20N2O3/c1-17(12-5-3-2-4-6-12)15(20)14(19)16-11-7-9-13(18)10-8-11/h7-10,12,18H,2-6H2,1H3,(H,16,19). The Morgan fingerprint density at radius 3 is 2.35 bits per heavy atom. The minimum atomic E-state index is -0.635. The fourth-order valence-electron chi connectivity index (χ4n) is 2.52. The molecule has 0 radical (unpaired) electrons. The summed E-state index contributed by atoms with van der Waals surface area (Å²) in [6.07, 6.45) is 5.37. The molecule has 1 fully saturated rings. The van der Waals surface area contributed by atoms with Crippen LogP contribution in [-0.2, 0) is 9.59 Å². The van der Waals surface area contributed by atoms with Gasteiger partial charge in [0.15, 0.2) is 0 Å². The molecule has 0 heterocycles. The summed E-state index contributed by atoms with van der Waals surface area (Å²) in [5, 5.41) is 11.7. The van der Waals surface area contributed by atoms with E-state index in [9.17, 15) is 14.7 Å². The van der Waals surface area contributed by atoms with Crippen LogP contribution >= 0.6 is 0 Å². The fourth-order valence-corrected chi connectivity index (χ4v) is 2.52. The lowest BCUT2D eigenvalue weighted by atomic mass is 9.94. The van der Waals surface area contributed by atoms with E-state index in [2.05, 4.69) is 5.32 Å². The van der Waals surface area contributed by atoms with Crippen LogP contribution in [0.2, 0.25) is 0 Å². The highest BCUT2D eigenvalue weighted by Gasteiger charge is 2.26. The number of nitrogens with zero attached hydrogens (tertiary/aromatic N) is 1. The van der Waals surface area contributed by atoms with Crippen LogP contribution < -0.4 is 5.32 Å². The topological polar surface area (TPSA) is 69.6 Å². The molecule has 108 valence electrons. The molecule has 0 bridgehead atoms. The second kappa shape index (κ2) is 6.41. The molecule has 5 nitrogen and oxygen atoms in total. The lowest BCUT2D eigenvalue weighted by molar-refractivity contribution is -0.144. The van der Waals surface area contributed by atoms with E-state index in [0.717, 1.165) is 25.7 Å². The van der Waals surface area contributed by atoms with Crippen LogP contribution in [0.15, 0.2) is 24.3 Å². The number of nitrogens with one attached hydrogen (secondary N) is 1. The van der Waals surface area contributed by atoms with E-state index in [0.29, 0.717) is 5.69 Å². The van der Waals surface area contributed by atoms with Gasteiger partial charge in [-0.15, -0.1) is 0 Å². The van der Waals surface area contributed by atoms with E-state index < -0.39 is 11.8 Å². The molecule has 5 heteroatoms. The Morgan fingerprint density at radius 2 is 1.75 bits per heavy atom. The minimum Gasteiger partial charge on any atom is -0.508 e. The fraction of sp³-hybridized carbons (Fsp3) is 0.467. The molecule has 1 saturated carbocycles. The zero-order chi connectivity index (χ0) is 14.5. The summed E-state index contributed by atoms with van der Waals surface area (Å²) in [5.41, 5.74) is 0.498. The van der Waals surface area contributed by atoms with Crippen molar-refractivity contribution in [3.63, 3.8) is 0 Å². The summed E-state index contributed by atoms with van der Waals surface area (Å²) < 4.78 is 0. The highest BCUT2D eigenvalue weighted by Crippen LogP contribution is 2.22. The zero-order valence-electron chi connectivity index (χ0n) is 11.6. The maximum Gasteiger partial charge on any atom is 0.313 e. The molecule has 1 aliphatic rings. The Morgan fingerprint density at radius 1 is 1.15 bits per heavy atom. The summed E-state index contributed by atoms with van der Waals surface area (Å²) >= 11 is 0. The van der Waals surface area contributed by atoms with Crippen LogP contribution in [0.1, 0.15) is 32.1 Å². The van der Waals surface area contributed by atoms with Crippen LogP contribution in [0.3, 0.4) is 0 Å². The van der Waals surface area contributed by atoms with Gasteiger partial charge in [-0.3, -0.25) is 9.59 Å². The maximum absolute atomic E-state index is 12.1. The van der Waals surface area contributed by atoms with E-state index in [1.54, 1.807) is 24.1 Å². The molecule has 0 atom stereocenters. The van der Waals surface area contributed by atoms with Crippen molar-refractivity contribution in [2.24, 2.45) is 0 Å². The van der Waals surface area contributed by atoms with Gasteiger partial charge in [0, 0.05) is 18.8 Å². The highest BCUT2D eigenvalue weighted by atomic mass is 16.3. The van der Waals surface area contributed by atoms with Gasteiger partial charge in [-0.25, -0.2) is 0 Å². The molecular formula is C15H20N2O3. The number of phenols is 1. The van der Waals surface area contributed by atoms with Gasteiger partial charge in [-0.1, -0.05) is 19.3 Å². The summed E-state index contributed by atoms with van der Waals surface area (Å²) in [5.74, 6) is -1.03. The third kappa shape index (κ3) is 3.50. The van der Waals surface area contributed by atoms with Gasteiger partial charge in [-0.2, -0.15) is 0 Å². The van der Waals surface area contributed by atoms with Crippen LogP contribution in [0.4, 0.5) is 5.69 Å². The predicted octanol–water partition coefficient (Wildman–Crippen LogP) is 2.12. The van der Waals surface area contributed by atoms with Gasteiger partial charge in [0.25, 0.3) is 0 Å². The number of hydrogen-bond acceptors (Lipinski definition) is 3. The van der Waals surface area contributed by atoms with Gasteiger partial charge in [0.2, 0.25) is 0 Å². The van der Waals surface area contributed by atoms with Gasteiger partial charge in [0.05, 0.1) is 0 Å². The number of carbonyl (C=O) groups is 2. The second-order valence-corrected chi connectivity index (χ2v) is 5.21. The van der Waals surface area contributed by atoms with E-state index in [1.165, 1.54) is 18.6 Å². The first-order chi connectivity index (χ1) is 9.58. The third-order valence-electron chi connectivity index (χ3n) is 3.76. The van der Waals surface area contributed by atoms with Gasteiger partial charge >= 0.3 is 11.8 Å². The first-order valence-electron chi connectivity index (χ1n) is 6.95. The molecule has 2 N–H and O–H groups in total.